The number of anilines is 2. The molecule has 0 amide bonds. The van der Waals surface area contributed by atoms with Crippen LogP contribution in [-0.4, -0.2) is 76.8 Å². The van der Waals surface area contributed by atoms with Crippen LogP contribution in [0.3, 0.4) is 0 Å². The van der Waals surface area contributed by atoms with Crippen molar-refractivity contribution in [3.63, 3.8) is 0 Å². The van der Waals surface area contributed by atoms with E-state index in [1.807, 2.05) is 33.2 Å². The minimum atomic E-state index is -1.12. The number of ether oxygens (including phenoxy) is 1. The van der Waals surface area contributed by atoms with Gasteiger partial charge in [-0.05, 0) is 64.7 Å². The Labute approximate surface area is 234 Å². The minimum Gasteiger partial charge on any atom is -0.598 e. The van der Waals surface area contributed by atoms with E-state index in [2.05, 4.69) is 45.0 Å². The van der Waals surface area contributed by atoms with Crippen molar-refractivity contribution in [3.05, 3.63) is 36.2 Å². The lowest BCUT2D eigenvalue weighted by atomic mass is 9.73. The molecule has 5 heterocycles. The fourth-order valence-corrected chi connectivity index (χ4v) is 8.10. The number of hydrogen-bond donors (Lipinski definition) is 2. The van der Waals surface area contributed by atoms with Crippen LogP contribution < -0.4 is 19.8 Å². The fraction of sp³-hybridized carbons (Fsp3) is 0.643. The van der Waals surface area contributed by atoms with Crippen LogP contribution in [0.25, 0.3) is 0 Å². The molecule has 3 atom stereocenters. The Kier molecular flexibility index (Phi) is 7.33. The van der Waals surface area contributed by atoms with Gasteiger partial charge in [-0.2, -0.15) is 0 Å². The summed E-state index contributed by atoms with van der Waals surface area (Å²) < 4.78 is 22.1. The highest BCUT2D eigenvalue weighted by atomic mass is 32.2. The summed E-state index contributed by atoms with van der Waals surface area (Å²) in [6, 6.07) is 7.38. The summed E-state index contributed by atoms with van der Waals surface area (Å²) >= 11 is 0.607. The van der Waals surface area contributed by atoms with Crippen molar-refractivity contribution in [2.24, 2.45) is 5.41 Å². The fourth-order valence-electron chi connectivity index (χ4n) is 6.16. The first-order valence-electron chi connectivity index (χ1n) is 13.9. The number of hydrogen-bond acceptors (Lipinski definition) is 9. The lowest BCUT2D eigenvalue weighted by Crippen LogP contribution is -2.56. The van der Waals surface area contributed by atoms with Gasteiger partial charge in [-0.1, -0.05) is 17.8 Å². The Morgan fingerprint density at radius 1 is 1.16 bits per heavy atom. The Morgan fingerprint density at radius 2 is 1.95 bits per heavy atom. The molecule has 6 rings (SSSR count). The Balaban J connectivity index is 1.09. The van der Waals surface area contributed by atoms with Gasteiger partial charge in [-0.15, -0.1) is 4.72 Å². The molecule has 0 saturated carbocycles. The van der Waals surface area contributed by atoms with Gasteiger partial charge >= 0.3 is 0 Å². The normalized spacial score (nSPS) is 26.0. The number of rotatable bonds is 6. The molecule has 2 aromatic rings. The van der Waals surface area contributed by atoms with Crippen LogP contribution >= 0.6 is 11.8 Å². The third-order valence-electron chi connectivity index (χ3n) is 8.69. The predicted octanol–water partition coefficient (Wildman–Crippen LogP) is 3.39. The monoisotopic (exact) mass is 556 g/mol. The van der Waals surface area contributed by atoms with E-state index < -0.39 is 11.4 Å². The van der Waals surface area contributed by atoms with Crippen molar-refractivity contribution in [2.75, 3.05) is 49.1 Å². The number of nitrogens with one attached hydrogen (secondary N) is 2. The van der Waals surface area contributed by atoms with Crippen molar-refractivity contribution in [2.45, 2.75) is 79.8 Å². The summed E-state index contributed by atoms with van der Waals surface area (Å²) in [4.78, 5) is 15.8. The second-order valence-corrected chi connectivity index (χ2v) is 15.2. The second-order valence-electron chi connectivity index (χ2n) is 12.2. The summed E-state index contributed by atoms with van der Waals surface area (Å²) in [5, 5.41) is 4.33. The summed E-state index contributed by atoms with van der Waals surface area (Å²) in [6.45, 7) is 13.9. The van der Waals surface area contributed by atoms with Crippen molar-refractivity contribution in [3.8, 4) is 0 Å². The van der Waals surface area contributed by atoms with Gasteiger partial charge in [0.15, 0.2) is 0 Å². The molecule has 1 aromatic heterocycles. The smallest absolute Gasteiger partial charge is 0.147 e. The average Bonchev–Trinajstić information content (AvgIpc) is 3.41. The minimum absolute atomic E-state index is 0.0111. The molecule has 38 heavy (non-hydrogen) atoms. The quantitative estimate of drug-likeness (QED) is 0.520. The Hall–Kier alpha value is -1.56. The van der Waals surface area contributed by atoms with E-state index in [9.17, 15) is 4.55 Å². The zero-order chi connectivity index (χ0) is 26.5. The highest BCUT2D eigenvalue weighted by Crippen LogP contribution is 2.44. The van der Waals surface area contributed by atoms with Gasteiger partial charge < -0.3 is 24.4 Å². The molecule has 8 nitrogen and oxygen atoms in total. The molecule has 1 spiro atoms. The topological polar surface area (TPSA) is 88.6 Å². The SMILES string of the molecule is C[C@@H]1OCC2(CCN(c3cnc(Sc4cccc5c4CCN5C4CNC4)cn3)CC2)[C@@H]1N[S+]([O-])C(C)(C)C. The van der Waals surface area contributed by atoms with Crippen molar-refractivity contribution < 1.29 is 9.29 Å². The van der Waals surface area contributed by atoms with E-state index in [-0.39, 0.29) is 22.3 Å². The van der Waals surface area contributed by atoms with E-state index in [0.29, 0.717) is 6.04 Å². The maximum Gasteiger partial charge on any atom is 0.147 e. The maximum absolute atomic E-state index is 12.9. The zero-order valence-electron chi connectivity index (χ0n) is 22.9. The second kappa shape index (κ2) is 10.4. The first-order chi connectivity index (χ1) is 18.2. The van der Waals surface area contributed by atoms with Crippen LogP contribution in [-0.2, 0) is 22.5 Å². The number of piperidine rings is 1. The first kappa shape index (κ1) is 26.7. The van der Waals surface area contributed by atoms with Crippen LogP contribution in [0.4, 0.5) is 11.5 Å². The number of aromatic nitrogens is 2. The van der Waals surface area contributed by atoms with E-state index >= 15 is 0 Å². The molecule has 3 saturated heterocycles. The maximum atomic E-state index is 12.9. The van der Waals surface area contributed by atoms with E-state index in [4.69, 9.17) is 14.7 Å². The molecule has 10 heteroatoms. The molecule has 206 valence electrons. The summed E-state index contributed by atoms with van der Waals surface area (Å²) in [5.74, 6) is 0.931. The number of nitrogens with zero attached hydrogens (tertiary/aromatic N) is 4. The molecular weight excluding hydrogens is 516 g/mol. The molecular formula is C28H40N6O2S2. The van der Waals surface area contributed by atoms with Crippen molar-refractivity contribution >= 4 is 34.6 Å². The van der Waals surface area contributed by atoms with E-state index in [1.54, 1.807) is 11.8 Å². The first-order valence-corrected chi connectivity index (χ1v) is 15.8. The Morgan fingerprint density at radius 3 is 2.61 bits per heavy atom. The molecule has 0 radical (unpaired) electrons. The third-order valence-corrected chi connectivity index (χ3v) is 11.3. The van der Waals surface area contributed by atoms with Crippen molar-refractivity contribution in [1.29, 1.82) is 0 Å². The van der Waals surface area contributed by atoms with Gasteiger partial charge in [0, 0.05) is 60.1 Å². The van der Waals surface area contributed by atoms with Gasteiger partial charge in [-0.3, -0.25) is 0 Å². The van der Waals surface area contributed by atoms with Gasteiger partial charge in [0.2, 0.25) is 0 Å². The van der Waals surface area contributed by atoms with Gasteiger partial charge in [0.05, 0.1) is 37.2 Å². The summed E-state index contributed by atoms with van der Waals surface area (Å²) in [7, 11) is 0. The van der Waals surface area contributed by atoms with Crippen LogP contribution in [0.5, 0.6) is 0 Å². The van der Waals surface area contributed by atoms with Gasteiger partial charge in [0.1, 0.15) is 15.6 Å². The lowest BCUT2D eigenvalue weighted by Gasteiger charge is -2.43. The Bertz CT molecular complexity index is 1130. The van der Waals surface area contributed by atoms with Crippen LogP contribution in [0.2, 0.25) is 0 Å². The van der Waals surface area contributed by atoms with Crippen LogP contribution in [0, 0.1) is 5.41 Å². The molecule has 4 aliphatic heterocycles. The molecule has 2 N–H and O–H groups in total. The molecule has 1 unspecified atom stereocenters. The third kappa shape index (κ3) is 5.04. The predicted molar refractivity (Wildman–Crippen MR) is 154 cm³/mol. The van der Waals surface area contributed by atoms with Crippen LogP contribution in [0.1, 0.15) is 46.1 Å². The standard InChI is InChI=1S/C28H40N6O2S2/c1-19-26(32-38(35)27(2,3)4)28(18-36-19)9-12-33(13-10-28)24-16-31-25(17-30-24)37-23-7-5-6-22-21(23)8-11-34(22)20-14-29-15-20/h5-7,16-17,19-20,26,29,32H,8-15,18H2,1-4H3/t19-,26+,38?/m0/s1. The molecule has 0 bridgehead atoms. The summed E-state index contributed by atoms with van der Waals surface area (Å²) in [6.07, 6.45) is 6.96. The molecule has 1 aromatic carbocycles. The zero-order valence-corrected chi connectivity index (χ0v) is 24.5. The average molecular weight is 557 g/mol. The lowest BCUT2D eigenvalue weighted by molar-refractivity contribution is 0.0973. The van der Waals surface area contributed by atoms with Gasteiger partial charge in [0.25, 0.3) is 0 Å². The highest BCUT2D eigenvalue weighted by Gasteiger charge is 2.52. The highest BCUT2D eigenvalue weighted by molar-refractivity contribution is 7.99. The van der Waals surface area contributed by atoms with E-state index in [0.717, 1.165) is 69.4 Å². The molecule has 0 aliphatic carbocycles. The van der Waals surface area contributed by atoms with Crippen molar-refractivity contribution in [1.82, 2.24) is 20.0 Å². The molecule has 4 aliphatic rings. The molecule has 3 fully saturated rings. The van der Waals surface area contributed by atoms with Gasteiger partial charge in [-0.25, -0.2) is 9.97 Å². The largest absolute Gasteiger partial charge is 0.598 e. The number of fused-ring (bicyclic) bond motifs is 1. The van der Waals surface area contributed by atoms with Crippen LogP contribution in [0.15, 0.2) is 40.5 Å². The summed E-state index contributed by atoms with van der Waals surface area (Å²) in [5.41, 5.74) is 2.84. The number of benzene rings is 1. The van der Waals surface area contributed by atoms with E-state index in [1.165, 1.54) is 16.1 Å².